The van der Waals surface area contributed by atoms with Crippen molar-refractivity contribution in [1.82, 2.24) is 0 Å². The van der Waals surface area contributed by atoms with Crippen LogP contribution in [-0.4, -0.2) is 11.6 Å². The summed E-state index contributed by atoms with van der Waals surface area (Å²) in [6, 6.07) is 0. The molecule has 0 heterocycles. The van der Waals surface area contributed by atoms with Gasteiger partial charge in [-0.25, -0.2) is 4.79 Å². The first-order valence-corrected chi connectivity index (χ1v) is 22.1. The topological polar surface area (TPSA) is 26.3 Å². The molecule has 316 valence electrons. The van der Waals surface area contributed by atoms with Crippen LogP contribution >= 0.6 is 0 Å². The highest BCUT2D eigenvalue weighted by Crippen LogP contribution is 2.18. The monoisotopic (exact) mass is 769 g/mol. The normalized spacial score (nSPS) is 14.8. The predicted octanol–water partition coefficient (Wildman–Crippen LogP) is 17.8. The zero-order valence-electron chi connectivity index (χ0n) is 39.3. The molecule has 0 amide bonds. The third kappa shape index (κ3) is 35.3. The Kier molecular flexibility index (Phi) is 30.1. The van der Waals surface area contributed by atoms with Gasteiger partial charge in [-0.1, -0.05) is 110 Å². The van der Waals surface area contributed by atoms with Crippen molar-refractivity contribution in [2.24, 2.45) is 0 Å². The van der Waals surface area contributed by atoms with E-state index in [0.29, 0.717) is 0 Å². The molecular weight excluding hydrogens is 681 g/mol. The smallest absolute Gasteiger partial charge is 0.331 e. The Labute approximate surface area is 348 Å². The second-order valence-electron chi connectivity index (χ2n) is 18.1. The molecule has 2 heteroatoms. The Morgan fingerprint density at radius 1 is 0.339 bits per heavy atom. The summed E-state index contributed by atoms with van der Waals surface area (Å²) in [6.45, 7) is 30.3. The summed E-state index contributed by atoms with van der Waals surface area (Å²) in [5.74, 6) is -0.247. The van der Waals surface area contributed by atoms with Gasteiger partial charge in [0.05, 0.1) is 0 Å². The molecule has 0 aliphatic heterocycles. The van der Waals surface area contributed by atoms with E-state index in [2.05, 4.69) is 124 Å². The number of esters is 1. The van der Waals surface area contributed by atoms with Crippen LogP contribution in [0.2, 0.25) is 0 Å². The lowest BCUT2D eigenvalue weighted by Crippen LogP contribution is -2.22. The maximum atomic E-state index is 12.0. The molecule has 2 nitrogen and oxygen atoms in total. The molecule has 0 aliphatic carbocycles. The van der Waals surface area contributed by atoms with Crippen molar-refractivity contribution in [3.8, 4) is 0 Å². The van der Waals surface area contributed by atoms with Crippen molar-refractivity contribution in [2.75, 3.05) is 0 Å². The standard InChI is InChI=1S/C54H88O2/c1-43(2)24-15-25-44(3)26-16-27-45(4)28-17-29-46(5)30-18-31-47(6)32-19-33-48(7)34-20-35-49(8)36-21-37-50(9)38-22-39-51(10)40-23-41-52(11)42-53(55)56-54(12,13)14/h24,26,28,30,32,34,36,38,40,42H,15-23,25,27,29,31,33,35,37,39,41H2,1-14H3. The third-order valence-corrected chi connectivity index (χ3v) is 10.1. The van der Waals surface area contributed by atoms with Gasteiger partial charge in [0.25, 0.3) is 0 Å². The summed E-state index contributed by atoms with van der Waals surface area (Å²) >= 11 is 0. The second-order valence-corrected chi connectivity index (χ2v) is 18.1. The number of ether oxygens (including phenoxy) is 1. The molecule has 0 saturated carbocycles. The van der Waals surface area contributed by atoms with E-state index >= 15 is 0 Å². The van der Waals surface area contributed by atoms with E-state index in [1.807, 2.05) is 27.7 Å². The number of hydrogen-bond acceptors (Lipinski definition) is 2. The molecule has 56 heavy (non-hydrogen) atoms. The van der Waals surface area contributed by atoms with Crippen molar-refractivity contribution in [2.45, 2.75) is 218 Å². The van der Waals surface area contributed by atoms with E-state index in [1.165, 1.54) is 82.3 Å². The number of hydrogen-bond donors (Lipinski definition) is 0. The summed E-state index contributed by atoms with van der Waals surface area (Å²) in [7, 11) is 0. The number of carbonyl (C=O) groups is 1. The van der Waals surface area contributed by atoms with Crippen LogP contribution in [0.4, 0.5) is 0 Å². The first-order valence-electron chi connectivity index (χ1n) is 22.1. The zero-order chi connectivity index (χ0) is 42.4. The van der Waals surface area contributed by atoms with Crippen LogP contribution in [0.1, 0.15) is 213 Å². The fraction of sp³-hybridized carbons (Fsp3) is 0.611. The van der Waals surface area contributed by atoms with Crippen molar-refractivity contribution >= 4 is 5.97 Å². The second kappa shape index (κ2) is 31.9. The maximum absolute atomic E-state index is 12.0. The lowest BCUT2D eigenvalue weighted by Gasteiger charge is -2.18. The molecule has 0 rings (SSSR count). The van der Waals surface area contributed by atoms with Crippen LogP contribution < -0.4 is 0 Å². The van der Waals surface area contributed by atoms with E-state index < -0.39 is 5.60 Å². The summed E-state index contributed by atoms with van der Waals surface area (Å²) in [6.07, 6.45) is 43.6. The summed E-state index contributed by atoms with van der Waals surface area (Å²) in [5, 5.41) is 0. The number of carbonyl (C=O) groups excluding carboxylic acids is 1. The Balaban J connectivity index is 4.29. The van der Waals surface area contributed by atoms with Crippen molar-refractivity contribution < 1.29 is 9.53 Å². The SMILES string of the molecule is CC(C)=CCCC(C)=CCCC(C)=CCCC(C)=CCCC(C)=CCCC(C)=CCCC(C)=CCCC(C)=CCCC(C)=CCCC(C)=CC(=O)OC(C)(C)C. The van der Waals surface area contributed by atoms with Crippen LogP contribution in [0.5, 0.6) is 0 Å². The molecule has 0 unspecified atom stereocenters. The van der Waals surface area contributed by atoms with E-state index in [9.17, 15) is 4.79 Å². The number of rotatable bonds is 28. The number of allylic oxidation sites excluding steroid dienone is 19. The highest BCUT2D eigenvalue weighted by molar-refractivity contribution is 5.83. The highest BCUT2D eigenvalue weighted by atomic mass is 16.6. The molecule has 0 aliphatic rings. The van der Waals surface area contributed by atoms with Crippen LogP contribution in [0.15, 0.2) is 116 Å². The van der Waals surface area contributed by atoms with Gasteiger partial charge in [0.1, 0.15) is 5.60 Å². The van der Waals surface area contributed by atoms with Crippen molar-refractivity contribution in [3.05, 3.63) is 116 Å². The van der Waals surface area contributed by atoms with E-state index in [1.54, 1.807) is 6.08 Å². The molecular formula is C54H88O2. The average molecular weight is 769 g/mol. The molecule has 0 spiro atoms. The zero-order valence-corrected chi connectivity index (χ0v) is 39.3. The summed E-state index contributed by atoms with van der Waals surface area (Å²) in [5.41, 5.74) is 14.1. The predicted molar refractivity (Wildman–Crippen MR) is 252 cm³/mol. The first kappa shape index (κ1) is 52.9. The average Bonchev–Trinajstić information content (AvgIpc) is 3.07. The molecule has 0 aromatic carbocycles. The van der Waals surface area contributed by atoms with Crippen LogP contribution in [0, 0.1) is 0 Å². The van der Waals surface area contributed by atoms with Crippen molar-refractivity contribution in [3.63, 3.8) is 0 Å². The lowest BCUT2D eigenvalue weighted by atomic mass is 10.0. The Bertz CT molecular complexity index is 1440. The van der Waals surface area contributed by atoms with Gasteiger partial charge >= 0.3 is 5.97 Å². The van der Waals surface area contributed by atoms with E-state index in [-0.39, 0.29) is 5.97 Å². The highest BCUT2D eigenvalue weighted by Gasteiger charge is 2.14. The Hall–Kier alpha value is -3.13. The minimum absolute atomic E-state index is 0.247. The largest absolute Gasteiger partial charge is 0.457 e. The minimum atomic E-state index is -0.446. The van der Waals surface area contributed by atoms with Gasteiger partial charge in [-0.3, -0.25) is 0 Å². The molecule has 0 aromatic rings. The van der Waals surface area contributed by atoms with Gasteiger partial charge in [-0.2, -0.15) is 0 Å². The molecule has 0 bridgehead atoms. The third-order valence-electron chi connectivity index (χ3n) is 10.1. The maximum Gasteiger partial charge on any atom is 0.331 e. The molecule has 0 atom stereocenters. The molecule has 0 aromatic heterocycles. The quantitative estimate of drug-likeness (QED) is 0.0450. The first-order chi connectivity index (χ1) is 26.4. The van der Waals surface area contributed by atoms with Gasteiger partial charge < -0.3 is 4.74 Å². The molecule has 0 radical (unpaired) electrons. The molecule has 0 N–H and O–H groups in total. The van der Waals surface area contributed by atoms with E-state index in [0.717, 1.165) is 89.0 Å². The van der Waals surface area contributed by atoms with Gasteiger partial charge in [-0.05, 0) is 213 Å². The Morgan fingerprint density at radius 2 is 0.536 bits per heavy atom. The van der Waals surface area contributed by atoms with Crippen LogP contribution in [0.25, 0.3) is 0 Å². The minimum Gasteiger partial charge on any atom is -0.457 e. The summed E-state index contributed by atoms with van der Waals surface area (Å²) < 4.78 is 5.38. The van der Waals surface area contributed by atoms with Gasteiger partial charge in [-0.15, -0.1) is 0 Å². The Morgan fingerprint density at radius 3 is 0.732 bits per heavy atom. The fourth-order valence-corrected chi connectivity index (χ4v) is 6.38. The lowest BCUT2D eigenvalue weighted by molar-refractivity contribution is -0.148. The van der Waals surface area contributed by atoms with Crippen molar-refractivity contribution in [1.29, 1.82) is 0 Å². The summed E-state index contributed by atoms with van der Waals surface area (Å²) in [4.78, 5) is 12.0. The van der Waals surface area contributed by atoms with Gasteiger partial charge in [0.15, 0.2) is 0 Å². The van der Waals surface area contributed by atoms with Gasteiger partial charge in [0.2, 0.25) is 0 Å². The fourth-order valence-electron chi connectivity index (χ4n) is 6.38. The molecule has 0 saturated heterocycles. The van der Waals surface area contributed by atoms with Crippen LogP contribution in [-0.2, 0) is 9.53 Å². The van der Waals surface area contributed by atoms with E-state index in [4.69, 9.17) is 4.74 Å². The van der Waals surface area contributed by atoms with Gasteiger partial charge in [0, 0.05) is 6.08 Å². The molecule has 0 fully saturated rings. The van der Waals surface area contributed by atoms with Crippen LogP contribution in [0.3, 0.4) is 0 Å².